The molecule has 2 aromatic carbocycles. The van der Waals surface area contributed by atoms with Gasteiger partial charge in [-0.2, -0.15) is 0 Å². The number of hydrogen-bond donors (Lipinski definition) is 0. The third-order valence-electron chi connectivity index (χ3n) is 4.13. The van der Waals surface area contributed by atoms with Crippen molar-refractivity contribution in [3.05, 3.63) is 60.2 Å². The summed E-state index contributed by atoms with van der Waals surface area (Å²) in [5.41, 5.74) is 0.970. The van der Waals surface area contributed by atoms with E-state index >= 15 is 0 Å². The van der Waals surface area contributed by atoms with Crippen molar-refractivity contribution in [1.82, 2.24) is 4.90 Å². The molecule has 0 atom stereocenters. The number of para-hydroxylation sites is 1. The van der Waals surface area contributed by atoms with E-state index in [1.165, 1.54) is 23.5 Å². The summed E-state index contributed by atoms with van der Waals surface area (Å²) in [7, 11) is -2.22. The van der Waals surface area contributed by atoms with Gasteiger partial charge in [0.1, 0.15) is 0 Å². The normalized spacial score (nSPS) is 11.2. The highest BCUT2D eigenvalue weighted by Gasteiger charge is 2.23. The molecular weight excluding hydrogens is 348 g/mol. The van der Waals surface area contributed by atoms with Crippen LogP contribution in [0.15, 0.2) is 59.5 Å². The maximum absolute atomic E-state index is 12.9. The van der Waals surface area contributed by atoms with Crippen LogP contribution >= 0.6 is 0 Å². The van der Waals surface area contributed by atoms with Crippen molar-refractivity contribution >= 4 is 21.6 Å². The Balaban J connectivity index is 2.34. The van der Waals surface area contributed by atoms with Crippen molar-refractivity contribution in [2.75, 3.05) is 24.4 Å². The smallest absolute Gasteiger partial charge is 0.264 e. The fourth-order valence-corrected chi connectivity index (χ4v) is 4.00. The summed E-state index contributed by atoms with van der Waals surface area (Å²) >= 11 is 0. The maximum Gasteiger partial charge on any atom is 0.264 e. The Morgan fingerprint density at radius 3 is 2.12 bits per heavy atom. The number of carbonyl (C=O) groups is 1. The van der Waals surface area contributed by atoms with Crippen LogP contribution in [0.1, 0.15) is 37.0 Å². The molecule has 2 rings (SSSR count). The SMILES string of the molecule is CCCN(CCC)C(=O)c1cccc(S(=O)(=O)N(C)c2ccccc2)c1. The van der Waals surface area contributed by atoms with E-state index in [1.807, 2.05) is 19.9 Å². The Morgan fingerprint density at radius 1 is 0.923 bits per heavy atom. The molecule has 0 aromatic heterocycles. The first-order valence-electron chi connectivity index (χ1n) is 8.85. The lowest BCUT2D eigenvalue weighted by Crippen LogP contribution is -2.33. The van der Waals surface area contributed by atoms with Gasteiger partial charge in [-0.3, -0.25) is 9.10 Å². The Labute approximate surface area is 156 Å². The average Bonchev–Trinajstić information content (AvgIpc) is 2.67. The number of rotatable bonds is 8. The lowest BCUT2D eigenvalue weighted by atomic mass is 10.2. The molecule has 0 aliphatic carbocycles. The number of nitrogens with zero attached hydrogens (tertiary/aromatic N) is 2. The largest absolute Gasteiger partial charge is 0.339 e. The summed E-state index contributed by atoms with van der Waals surface area (Å²) in [5.74, 6) is -0.131. The predicted octanol–water partition coefficient (Wildman–Crippen LogP) is 3.77. The molecule has 140 valence electrons. The molecule has 1 amide bonds. The molecule has 0 saturated carbocycles. The van der Waals surface area contributed by atoms with Crippen LogP contribution in [0.5, 0.6) is 0 Å². The van der Waals surface area contributed by atoms with Crippen LogP contribution in [0.2, 0.25) is 0 Å². The summed E-state index contributed by atoms with van der Waals surface area (Å²) in [4.78, 5) is 14.6. The van der Waals surface area contributed by atoms with Gasteiger partial charge in [0.05, 0.1) is 10.6 Å². The molecule has 2 aromatic rings. The molecule has 0 aliphatic heterocycles. The first kappa shape index (κ1) is 20.0. The number of hydrogen-bond acceptors (Lipinski definition) is 3. The van der Waals surface area contributed by atoms with Gasteiger partial charge in [0.2, 0.25) is 0 Å². The van der Waals surface area contributed by atoms with E-state index in [2.05, 4.69) is 0 Å². The molecule has 0 bridgehead atoms. The van der Waals surface area contributed by atoms with Crippen LogP contribution < -0.4 is 4.31 Å². The highest BCUT2D eigenvalue weighted by atomic mass is 32.2. The molecule has 26 heavy (non-hydrogen) atoms. The molecule has 0 aliphatic rings. The van der Waals surface area contributed by atoms with Crippen LogP contribution in [0.3, 0.4) is 0 Å². The summed E-state index contributed by atoms with van der Waals surface area (Å²) < 4.78 is 27.1. The second-order valence-electron chi connectivity index (χ2n) is 6.13. The minimum absolute atomic E-state index is 0.114. The van der Waals surface area contributed by atoms with Crippen molar-refractivity contribution < 1.29 is 13.2 Å². The van der Waals surface area contributed by atoms with Crippen LogP contribution in [0.4, 0.5) is 5.69 Å². The molecule has 0 N–H and O–H groups in total. The van der Waals surface area contributed by atoms with Crippen molar-refractivity contribution in [3.63, 3.8) is 0 Å². The molecule has 0 fully saturated rings. The lowest BCUT2D eigenvalue weighted by Gasteiger charge is -2.23. The van der Waals surface area contributed by atoms with E-state index in [1.54, 1.807) is 41.3 Å². The monoisotopic (exact) mass is 374 g/mol. The molecule has 0 spiro atoms. The van der Waals surface area contributed by atoms with Crippen molar-refractivity contribution in [1.29, 1.82) is 0 Å². The fourth-order valence-electron chi connectivity index (χ4n) is 2.76. The molecule has 0 radical (unpaired) electrons. The predicted molar refractivity (Wildman–Crippen MR) is 105 cm³/mol. The van der Waals surface area contributed by atoms with Gasteiger partial charge in [-0.1, -0.05) is 38.1 Å². The van der Waals surface area contributed by atoms with E-state index < -0.39 is 10.0 Å². The Bertz CT molecular complexity index is 829. The Hall–Kier alpha value is -2.34. The molecule has 0 heterocycles. The van der Waals surface area contributed by atoms with E-state index in [-0.39, 0.29) is 10.8 Å². The zero-order valence-electron chi connectivity index (χ0n) is 15.6. The van der Waals surface area contributed by atoms with Crippen molar-refractivity contribution in [2.45, 2.75) is 31.6 Å². The van der Waals surface area contributed by atoms with Crippen LogP contribution in [0, 0.1) is 0 Å². The lowest BCUT2D eigenvalue weighted by molar-refractivity contribution is 0.0755. The van der Waals surface area contributed by atoms with Gasteiger partial charge in [-0.15, -0.1) is 0 Å². The zero-order chi connectivity index (χ0) is 19.2. The van der Waals surface area contributed by atoms with E-state index in [9.17, 15) is 13.2 Å². The first-order valence-corrected chi connectivity index (χ1v) is 10.3. The summed E-state index contributed by atoms with van der Waals surface area (Å²) in [5, 5.41) is 0. The number of sulfonamides is 1. The van der Waals surface area contributed by atoms with Gasteiger partial charge in [-0.25, -0.2) is 8.42 Å². The second-order valence-corrected chi connectivity index (χ2v) is 8.10. The van der Waals surface area contributed by atoms with Gasteiger partial charge in [-0.05, 0) is 43.2 Å². The summed E-state index contributed by atoms with van der Waals surface area (Å²) in [6.45, 7) is 5.36. The molecule has 5 nitrogen and oxygen atoms in total. The van der Waals surface area contributed by atoms with Gasteiger partial charge in [0, 0.05) is 25.7 Å². The van der Waals surface area contributed by atoms with Crippen LogP contribution in [-0.2, 0) is 10.0 Å². The Kier molecular flexibility index (Phi) is 6.80. The van der Waals surface area contributed by atoms with Gasteiger partial charge in [0.15, 0.2) is 0 Å². The fraction of sp³-hybridized carbons (Fsp3) is 0.350. The van der Waals surface area contributed by atoms with E-state index in [0.717, 1.165) is 12.8 Å². The minimum atomic E-state index is -3.74. The molecular formula is C20H26N2O3S. The number of amides is 1. The van der Waals surface area contributed by atoms with Gasteiger partial charge < -0.3 is 4.90 Å². The van der Waals surface area contributed by atoms with Gasteiger partial charge in [0.25, 0.3) is 15.9 Å². The number of benzene rings is 2. The van der Waals surface area contributed by atoms with E-state index in [0.29, 0.717) is 24.3 Å². The van der Waals surface area contributed by atoms with Crippen molar-refractivity contribution in [3.8, 4) is 0 Å². The third-order valence-corrected chi connectivity index (χ3v) is 5.91. The average molecular weight is 375 g/mol. The first-order chi connectivity index (χ1) is 12.4. The van der Waals surface area contributed by atoms with Gasteiger partial charge >= 0.3 is 0 Å². The van der Waals surface area contributed by atoms with Crippen LogP contribution in [0.25, 0.3) is 0 Å². The third kappa shape index (κ3) is 4.43. The molecule has 0 saturated heterocycles. The Morgan fingerprint density at radius 2 is 1.54 bits per heavy atom. The summed E-state index contributed by atoms with van der Waals surface area (Å²) in [6.07, 6.45) is 1.72. The van der Waals surface area contributed by atoms with Crippen LogP contribution in [-0.4, -0.2) is 39.4 Å². The highest BCUT2D eigenvalue weighted by Crippen LogP contribution is 2.22. The quantitative estimate of drug-likeness (QED) is 0.707. The molecule has 0 unspecified atom stereocenters. The zero-order valence-corrected chi connectivity index (χ0v) is 16.4. The van der Waals surface area contributed by atoms with Crippen molar-refractivity contribution in [2.24, 2.45) is 0 Å². The number of anilines is 1. The van der Waals surface area contributed by atoms with E-state index in [4.69, 9.17) is 0 Å². The highest BCUT2D eigenvalue weighted by molar-refractivity contribution is 7.92. The topological polar surface area (TPSA) is 57.7 Å². The number of carbonyl (C=O) groups excluding carboxylic acids is 1. The summed E-state index contributed by atoms with van der Waals surface area (Å²) in [6, 6.07) is 15.2. The maximum atomic E-state index is 12.9. The molecule has 6 heteroatoms. The second kappa shape index (κ2) is 8.85. The standard InChI is InChI=1S/C20H26N2O3S/c1-4-14-22(15-5-2)20(23)17-10-9-13-19(16-17)26(24,25)21(3)18-11-7-6-8-12-18/h6-13,16H,4-5,14-15H2,1-3H3. The minimum Gasteiger partial charge on any atom is -0.339 e.